The van der Waals surface area contributed by atoms with Gasteiger partial charge < -0.3 is 15.7 Å². The van der Waals surface area contributed by atoms with Crippen molar-refractivity contribution in [2.75, 3.05) is 39.3 Å². The van der Waals surface area contributed by atoms with E-state index in [1.807, 2.05) is 16.7 Å². The summed E-state index contributed by atoms with van der Waals surface area (Å²) in [6.45, 7) is 5.14. The quantitative estimate of drug-likeness (QED) is 0.675. The van der Waals surface area contributed by atoms with Gasteiger partial charge in [0, 0.05) is 32.1 Å². The zero-order chi connectivity index (χ0) is 13.5. The Balaban J connectivity index is 2.33. The van der Waals surface area contributed by atoms with E-state index in [-0.39, 0.29) is 18.4 Å². The summed E-state index contributed by atoms with van der Waals surface area (Å²) in [4.78, 5) is 26.3. The normalized spacial score (nSPS) is 18.7. The first-order valence-electron chi connectivity index (χ1n) is 6.47. The Hall–Kier alpha value is -1.14. The van der Waals surface area contributed by atoms with Crippen molar-refractivity contribution in [3.63, 3.8) is 0 Å². The molecule has 1 aliphatic heterocycles. The molecule has 0 aromatic carbocycles. The number of carboxylic acid groups (broad SMARTS) is 1. The molecule has 3 N–H and O–H groups in total. The third kappa shape index (κ3) is 4.62. The van der Waals surface area contributed by atoms with Gasteiger partial charge in [-0.25, -0.2) is 0 Å². The van der Waals surface area contributed by atoms with Crippen molar-refractivity contribution < 1.29 is 14.7 Å². The highest BCUT2D eigenvalue weighted by Crippen LogP contribution is 2.11. The molecule has 0 aliphatic carbocycles. The van der Waals surface area contributed by atoms with Gasteiger partial charge in [0.2, 0.25) is 5.91 Å². The summed E-state index contributed by atoms with van der Waals surface area (Å²) in [5, 5.41) is 8.69. The Morgan fingerprint density at radius 3 is 2.39 bits per heavy atom. The van der Waals surface area contributed by atoms with E-state index in [4.69, 9.17) is 10.8 Å². The molecule has 0 bridgehead atoms. The summed E-state index contributed by atoms with van der Waals surface area (Å²) < 4.78 is 0. The lowest BCUT2D eigenvalue weighted by atomic mass is 10.0. The minimum absolute atomic E-state index is 0.0135. The molecule has 0 spiro atoms. The van der Waals surface area contributed by atoms with E-state index in [0.717, 1.165) is 12.8 Å². The lowest BCUT2D eigenvalue weighted by Crippen LogP contribution is -2.51. The van der Waals surface area contributed by atoms with Crippen LogP contribution in [0.5, 0.6) is 0 Å². The molecule has 104 valence electrons. The molecule has 0 aromatic heterocycles. The maximum absolute atomic E-state index is 12.1. The largest absolute Gasteiger partial charge is 0.480 e. The molecule has 18 heavy (non-hydrogen) atoms. The number of carbonyl (C=O) groups excluding carboxylic acids is 1. The molecule has 1 rings (SSSR count). The second-order valence-electron chi connectivity index (χ2n) is 4.83. The number of carbonyl (C=O) groups is 2. The highest BCUT2D eigenvalue weighted by Gasteiger charge is 2.25. The number of nitrogens with two attached hydrogens (primary N) is 1. The number of aliphatic carboxylic acids is 1. The number of nitrogens with zero attached hydrogens (tertiary/aromatic N) is 2. The standard InChI is InChI=1S/C12H23N3O3/c1-10(3-2-4-13)12(18)15-7-5-14(6-8-15)9-11(16)17/h10H,2-9,13H2,1H3,(H,16,17). The van der Waals surface area contributed by atoms with Crippen LogP contribution in [0.3, 0.4) is 0 Å². The van der Waals surface area contributed by atoms with Crippen molar-refractivity contribution in [2.45, 2.75) is 19.8 Å². The van der Waals surface area contributed by atoms with Gasteiger partial charge in [0.25, 0.3) is 0 Å². The fraction of sp³-hybridized carbons (Fsp3) is 0.833. The summed E-state index contributed by atoms with van der Waals surface area (Å²) in [6.07, 6.45) is 1.69. The fourth-order valence-corrected chi connectivity index (χ4v) is 2.18. The Morgan fingerprint density at radius 2 is 1.89 bits per heavy atom. The number of hydrogen-bond donors (Lipinski definition) is 2. The second-order valence-corrected chi connectivity index (χ2v) is 4.83. The number of carboxylic acids is 1. The first-order chi connectivity index (χ1) is 8.54. The van der Waals surface area contributed by atoms with Crippen LogP contribution in [0.2, 0.25) is 0 Å². The second kappa shape index (κ2) is 7.33. The highest BCUT2D eigenvalue weighted by molar-refractivity contribution is 5.78. The number of piperazine rings is 1. The molecule has 0 aromatic rings. The van der Waals surface area contributed by atoms with E-state index in [1.54, 1.807) is 0 Å². The Labute approximate surface area is 108 Å². The summed E-state index contributed by atoms with van der Waals surface area (Å²) in [7, 11) is 0. The van der Waals surface area contributed by atoms with E-state index < -0.39 is 5.97 Å². The fourth-order valence-electron chi connectivity index (χ4n) is 2.18. The minimum atomic E-state index is -0.814. The molecular weight excluding hydrogens is 234 g/mol. The van der Waals surface area contributed by atoms with Crippen molar-refractivity contribution >= 4 is 11.9 Å². The van der Waals surface area contributed by atoms with Crippen LogP contribution in [-0.4, -0.2) is 66.1 Å². The molecule has 0 saturated carbocycles. The monoisotopic (exact) mass is 257 g/mol. The van der Waals surface area contributed by atoms with Gasteiger partial charge >= 0.3 is 5.97 Å². The van der Waals surface area contributed by atoms with Gasteiger partial charge in [0.1, 0.15) is 0 Å². The van der Waals surface area contributed by atoms with Crippen molar-refractivity contribution in [1.29, 1.82) is 0 Å². The van der Waals surface area contributed by atoms with Crippen LogP contribution in [0, 0.1) is 5.92 Å². The van der Waals surface area contributed by atoms with E-state index in [0.29, 0.717) is 32.7 Å². The predicted molar refractivity (Wildman–Crippen MR) is 68.1 cm³/mol. The van der Waals surface area contributed by atoms with Crippen LogP contribution in [0.15, 0.2) is 0 Å². The zero-order valence-electron chi connectivity index (χ0n) is 11.0. The molecular formula is C12H23N3O3. The van der Waals surface area contributed by atoms with Gasteiger partial charge in [-0.2, -0.15) is 0 Å². The van der Waals surface area contributed by atoms with Crippen LogP contribution in [0.25, 0.3) is 0 Å². The average Bonchev–Trinajstić information content (AvgIpc) is 2.35. The van der Waals surface area contributed by atoms with Gasteiger partial charge in [-0.3, -0.25) is 14.5 Å². The maximum atomic E-state index is 12.1. The van der Waals surface area contributed by atoms with Gasteiger partial charge in [0.15, 0.2) is 0 Å². The molecule has 0 radical (unpaired) electrons. The zero-order valence-corrected chi connectivity index (χ0v) is 11.0. The lowest BCUT2D eigenvalue weighted by molar-refractivity contribution is -0.140. The van der Waals surface area contributed by atoms with Crippen molar-refractivity contribution in [3.05, 3.63) is 0 Å². The molecule has 1 aliphatic rings. The Bertz CT molecular complexity index is 288. The van der Waals surface area contributed by atoms with E-state index >= 15 is 0 Å². The predicted octanol–water partition coefficient (Wildman–Crippen LogP) is -0.410. The van der Waals surface area contributed by atoms with Crippen LogP contribution in [0.4, 0.5) is 0 Å². The summed E-state index contributed by atoms with van der Waals surface area (Å²) in [6, 6.07) is 0. The summed E-state index contributed by atoms with van der Waals surface area (Å²) >= 11 is 0. The van der Waals surface area contributed by atoms with E-state index in [9.17, 15) is 9.59 Å². The first-order valence-corrected chi connectivity index (χ1v) is 6.47. The van der Waals surface area contributed by atoms with E-state index in [2.05, 4.69) is 0 Å². The minimum Gasteiger partial charge on any atom is -0.480 e. The van der Waals surface area contributed by atoms with Gasteiger partial charge in [-0.1, -0.05) is 6.92 Å². The van der Waals surface area contributed by atoms with Crippen LogP contribution >= 0.6 is 0 Å². The topological polar surface area (TPSA) is 86.9 Å². The lowest BCUT2D eigenvalue weighted by Gasteiger charge is -2.35. The third-order valence-corrected chi connectivity index (χ3v) is 3.31. The molecule has 1 heterocycles. The molecule has 1 atom stereocenters. The average molecular weight is 257 g/mol. The number of rotatable bonds is 6. The Kier molecular flexibility index (Phi) is 6.07. The van der Waals surface area contributed by atoms with Crippen LogP contribution < -0.4 is 5.73 Å². The molecule has 1 unspecified atom stereocenters. The molecule has 1 amide bonds. The van der Waals surface area contributed by atoms with Gasteiger partial charge in [-0.05, 0) is 19.4 Å². The summed E-state index contributed by atoms with van der Waals surface area (Å²) in [5.41, 5.74) is 5.43. The Morgan fingerprint density at radius 1 is 1.28 bits per heavy atom. The van der Waals surface area contributed by atoms with Crippen LogP contribution in [0.1, 0.15) is 19.8 Å². The maximum Gasteiger partial charge on any atom is 0.317 e. The van der Waals surface area contributed by atoms with Crippen molar-refractivity contribution in [3.8, 4) is 0 Å². The van der Waals surface area contributed by atoms with Crippen molar-refractivity contribution in [2.24, 2.45) is 11.7 Å². The highest BCUT2D eigenvalue weighted by atomic mass is 16.4. The molecule has 6 heteroatoms. The summed E-state index contributed by atoms with van der Waals surface area (Å²) in [5.74, 6) is -0.635. The van der Waals surface area contributed by atoms with E-state index in [1.165, 1.54) is 0 Å². The number of hydrogen-bond acceptors (Lipinski definition) is 4. The SMILES string of the molecule is CC(CCCN)C(=O)N1CCN(CC(=O)O)CC1. The smallest absolute Gasteiger partial charge is 0.317 e. The first kappa shape index (κ1) is 14.9. The molecule has 1 saturated heterocycles. The van der Waals surface area contributed by atoms with Gasteiger partial charge in [0.05, 0.1) is 6.54 Å². The van der Waals surface area contributed by atoms with Gasteiger partial charge in [-0.15, -0.1) is 0 Å². The third-order valence-electron chi connectivity index (χ3n) is 3.31. The molecule has 6 nitrogen and oxygen atoms in total. The molecule has 1 fully saturated rings. The number of amides is 1. The van der Waals surface area contributed by atoms with Crippen LogP contribution in [-0.2, 0) is 9.59 Å². The van der Waals surface area contributed by atoms with Crippen molar-refractivity contribution in [1.82, 2.24) is 9.80 Å².